The molecule has 0 aromatic heterocycles. The van der Waals surface area contributed by atoms with Crippen LogP contribution in [0, 0.1) is 0 Å². The number of halogens is 1. The Morgan fingerprint density at radius 3 is 3.00 bits per heavy atom. The average Bonchev–Trinajstić information content (AvgIpc) is 2.34. The summed E-state index contributed by atoms with van der Waals surface area (Å²) in [7, 11) is 0. The zero-order chi connectivity index (χ0) is 6.97. The van der Waals surface area contributed by atoms with Crippen LogP contribution in [0.2, 0.25) is 0 Å². The number of rotatable bonds is 0. The molecule has 1 unspecified atom stereocenters. The lowest BCUT2D eigenvalue weighted by Gasteiger charge is -1.98. The maximum Gasteiger partial charge on any atom is 0.0464 e. The van der Waals surface area contributed by atoms with Crippen LogP contribution in [0.3, 0.4) is 0 Å². The fraction of sp³-hybridized carbons (Fsp3) is 0.250. The molecule has 2 heteroatoms. The molecule has 0 radical (unpaired) electrons. The van der Waals surface area contributed by atoms with Crippen molar-refractivity contribution >= 4 is 34.4 Å². The molecular weight excluding hydrogens is 255 g/mol. The average molecular weight is 262 g/mol. The largest absolute Gasteiger partial charge is 0.124 e. The zero-order valence-electron chi connectivity index (χ0n) is 5.38. The molecule has 1 atom stereocenters. The van der Waals surface area contributed by atoms with Crippen molar-refractivity contribution in [1.29, 1.82) is 0 Å². The predicted molar refractivity (Wildman–Crippen MR) is 53.9 cm³/mol. The molecule has 1 aliphatic rings. The van der Waals surface area contributed by atoms with Crippen LogP contribution in [0.1, 0.15) is 9.49 Å². The Bertz CT molecular complexity index is 247. The first kappa shape index (κ1) is 6.98. The van der Waals surface area contributed by atoms with Crippen molar-refractivity contribution in [2.75, 3.05) is 5.75 Å². The molecule has 2 rings (SSSR count). The van der Waals surface area contributed by atoms with Gasteiger partial charge in [-0.15, -0.1) is 11.8 Å². The van der Waals surface area contributed by atoms with Gasteiger partial charge in [0.05, 0.1) is 0 Å². The Hall–Kier alpha value is 0.300. The summed E-state index contributed by atoms with van der Waals surface area (Å²) in [5.74, 6) is 1.25. The van der Waals surface area contributed by atoms with Gasteiger partial charge in [0.2, 0.25) is 0 Å². The molecule has 0 aliphatic carbocycles. The lowest BCUT2D eigenvalue weighted by atomic mass is 10.2. The monoisotopic (exact) mass is 262 g/mol. The topological polar surface area (TPSA) is 0 Å². The molecule has 0 fully saturated rings. The fourth-order valence-corrected chi connectivity index (χ4v) is 3.47. The van der Waals surface area contributed by atoms with E-state index in [0.29, 0.717) is 0 Å². The van der Waals surface area contributed by atoms with Crippen LogP contribution >= 0.6 is 34.4 Å². The highest BCUT2D eigenvalue weighted by molar-refractivity contribution is 14.1. The lowest BCUT2D eigenvalue weighted by Crippen LogP contribution is -1.82. The van der Waals surface area contributed by atoms with Crippen LogP contribution in [0.5, 0.6) is 0 Å². The van der Waals surface area contributed by atoms with Crippen molar-refractivity contribution in [3.8, 4) is 0 Å². The van der Waals surface area contributed by atoms with Crippen molar-refractivity contribution in [3.63, 3.8) is 0 Å². The van der Waals surface area contributed by atoms with Gasteiger partial charge in [-0.25, -0.2) is 0 Å². The Labute approximate surface area is 78.5 Å². The highest BCUT2D eigenvalue weighted by atomic mass is 127. The van der Waals surface area contributed by atoms with Crippen LogP contribution < -0.4 is 0 Å². The molecule has 10 heavy (non-hydrogen) atoms. The van der Waals surface area contributed by atoms with Gasteiger partial charge in [0.1, 0.15) is 0 Å². The van der Waals surface area contributed by atoms with Gasteiger partial charge in [-0.2, -0.15) is 0 Å². The van der Waals surface area contributed by atoms with Gasteiger partial charge in [0.25, 0.3) is 0 Å². The fourth-order valence-electron chi connectivity index (χ4n) is 1.12. The lowest BCUT2D eigenvalue weighted by molar-refractivity contribution is 1.15. The van der Waals surface area contributed by atoms with Crippen molar-refractivity contribution in [1.82, 2.24) is 0 Å². The number of hydrogen-bond donors (Lipinski definition) is 0. The normalized spacial score (nSPS) is 22.7. The first-order valence-electron chi connectivity index (χ1n) is 3.24. The summed E-state index contributed by atoms with van der Waals surface area (Å²) in [4.78, 5) is 1.47. The van der Waals surface area contributed by atoms with Gasteiger partial charge in [-0.3, -0.25) is 0 Å². The molecule has 1 heterocycles. The third-order valence-corrected chi connectivity index (χ3v) is 4.53. The summed E-state index contributed by atoms with van der Waals surface area (Å²) in [5, 5.41) is 0. The van der Waals surface area contributed by atoms with E-state index in [4.69, 9.17) is 0 Å². The second-order valence-corrected chi connectivity index (χ2v) is 4.88. The van der Waals surface area contributed by atoms with E-state index in [1.807, 2.05) is 11.8 Å². The summed E-state index contributed by atoms with van der Waals surface area (Å²) < 4.78 is 0.735. The van der Waals surface area contributed by atoms with E-state index in [2.05, 4.69) is 46.9 Å². The van der Waals surface area contributed by atoms with E-state index in [1.165, 1.54) is 16.2 Å². The molecule has 0 amide bonds. The van der Waals surface area contributed by atoms with E-state index in [1.54, 1.807) is 0 Å². The molecule has 52 valence electrons. The minimum atomic E-state index is 0.735. The highest BCUT2D eigenvalue weighted by Gasteiger charge is 2.18. The smallest absolute Gasteiger partial charge is 0.0464 e. The molecule has 1 aromatic rings. The molecule has 0 nitrogen and oxygen atoms in total. The van der Waals surface area contributed by atoms with Crippen molar-refractivity contribution < 1.29 is 0 Å². The summed E-state index contributed by atoms with van der Waals surface area (Å²) in [6, 6.07) is 8.67. The third-order valence-electron chi connectivity index (χ3n) is 1.64. The number of alkyl halides is 1. The summed E-state index contributed by atoms with van der Waals surface area (Å²) in [6.07, 6.45) is 0. The SMILES string of the molecule is IC1CSc2ccccc21. The van der Waals surface area contributed by atoms with Gasteiger partial charge in [0, 0.05) is 14.6 Å². The number of thioether (sulfide) groups is 1. The van der Waals surface area contributed by atoms with Crippen LogP contribution in [-0.2, 0) is 0 Å². The second-order valence-electron chi connectivity index (χ2n) is 2.32. The van der Waals surface area contributed by atoms with Crippen LogP contribution in [0.4, 0.5) is 0 Å². The van der Waals surface area contributed by atoms with Crippen molar-refractivity contribution in [2.45, 2.75) is 8.82 Å². The van der Waals surface area contributed by atoms with Gasteiger partial charge in [-0.05, 0) is 11.6 Å². The first-order chi connectivity index (χ1) is 4.88. The molecule has 0 N–H and O–H groups in total. The molecule has 1 aromatic carbocycles. The van der Waals surface area contributed by atoms with Gasteiger partial charge in [-0.1, -0.05) is 40.8 Å². The first-order valence-corrected chi connectivity index (χ1v) is 5.47. The van der Waals surface area contributed by atoms with Crippen molar-refractivity contribution in [2.24, 2.45) is 0 Å². The second kappa shape index (κ2) is 2.74. The Morgan fingerprint density at radius 2 is 2.20 bits per heavy atom. The van der Waals surface area contributed by atoms with Crippen molar-refractivity contribution in [3.05, 3.63) is 29.8 Å². The minimum absolute atomic E-state index is 0.735. The number of fused-ring (bicyclic) bond motifs is 1. The highest BCUT2D eigenvalue weighted by Crippen LogP contribution is 2.42. The van der Waals surface area contributed by atoms with E-state index in [0.717, 1.165) is 3.92 Å². The van der Waals surface area contributed by atoms with E-state index < -0.39 is 0 Å². The Kier molecular flexibility index (Phi) is 1.91. The number of hydrogen-bond acceptors (Lipinski definition) is 1. The van der Waals surface area contributed by atoms with Gasteiger partial charge < -0.3 is 0 Å². The number of benzene rings is 1. The van der Waals surface area contributed by atoms with Crippen LogP contribution in [0.25, 0.3) is 0 Å². The molecule has 0 saturated heterocycles. The minimum Gasteiger partial charge on any atom is -0.124 e. The summed E-state index contributed by atoms with van der Waals surface area (Å²) in [5.41, 5.74) is 1.52. The molecule has 0 bridgehead atoms. The van der Waals surface area contributed by atoms with E-state index in [-0.39, 0.29) is 0 Å². The van der Waals surface area contributed by atoms with Crippen LogP contribution in [-0.4, -0.2) is 5.75 Å². The summed E-state index contributed by atoms with van der Waals surface area (Å²) in [6.45, 7) is 0. The Balaban J connectivity index is 2.51. The quantitative estimate of drug-likeness (QED) is 0.510. The maximum atomic E-state index is 2.50. The van der Waals surface area contributed by atoms with E-state index >= 15 is 0 Å². The summed E-state index contributed by atoms with van der Waals surface area (Å²) >= 11 is 4.47. The Morgan fingerprint density at radius 1 is 1.40 bits per heavy atom. The third kappa shape index (κ3) is 1.07. The van der Waals surface area contributed by atoms with Gasteiger partial charge in [0.15, 0.2) is 0 Å². The van der Waals surface area contributed by atoms with E-state index in [9.17, 15) is 0 Å². The van der Waals surface area contributed by atoms with Gasteiger partial charge >= 0.3 is 0 Å². The van der Waals surface area contributed by atoms with Crippen LogP contribution in [0.15, 0.2) is 29.2 Å². The molecular formula is C8H7IS. The zero-order valence-corrected chi connectivity index (χ0v) is 8.35. The predicted octanol–water partition coefficient (Wildman–Crippen LogP) is 3.27. The standard InChI is InChI=1S/C8H7IS/c9-7-5-10-8-4-2-1-3-6(7)8/h1-4,7H,5H2. The molecule has 1 aliphatic heterocycles. The molecule has 0 spiro atoms. The maximum absolute atomic E-state index is 2.50. The molecule has 0 saturated carbocycles.